The third-order valence-corrected chi connectivity index (χ3v) is 5.43. The van der Waals surface area contributed by atoms with Gasteiger partial charge in [-0.1, -0.05) is 0 Å². The average Bonchev–Trinajstić information content (AvgIpc) is 2.55. The summed E-state index contributed by atoms with van der Waals surface area (Å²) >= 11 is -1.51. The summed E-state index contributed by atoms with van der Waals surface area (Å²) in [6, 6.07) is 2.79. The molecule has 1 aromatic carbocycles. The van der Waals surface area contributed by atoms with Gasteiger partial charge in [-0.05, 0) is 57.5 Å². The number of nitrogens with zero attached hydrogens (tertiary/aromatic N) is 1. The molecule has 3 nitrogen and oxygen atoms in total. The lowest BCUT2D eigenvalue weighted by Gasteiger charge is -2.26. The van der Waals surface area contributed by atoms with Gasteiger partial charge >= 0.3 is 6.18 Å². The van der Waals surface area contributed by atoms with Crippen LogP contribution in [0.5, 0.6) is 0 Å². The molecule has 0 saturated heterocycles. The Morgan fingerprint density at radius 1 is 1.07 bits per heavy atom. The van der Waals surface area contributed by atoms with Crippen molar-refractivity contribution in [1.82, 2.24) is 9.71 Å². The van der Waals surface area contributed by atoms with Crippen LogP contribution in [0.3, 0.4) is 0 Å². The van der Waals surface area contributed by atoms with Crippen LogP contribution in [0.2, 0.25) is 0 Å². The maximum Gasteiger partial charge on any atom is 0.433 e. The first-order chi connectivity index (χ1) is 12.3. The van der Waals surface area contributed by atoms with E-state index in [1.807, 2.05) is 0 Å². The van der Waals surface area contributed by atoms with Gasteiger partial charge in [-0.2, -0.15) is 13.2 Å². The molecule has 0 saturated carbocycles. The first-order valence-electron chi connectivity index (χ1n) is 8.01. The van der Waals surface area contributed by atoms with Crippen molar-refractivity contribution in [2.75, 3.05) is 0 Å². The van der Waals surface area contributed by atoms with E-state index in [0.717, 1.165) is 18.3 Å². The monoisotopic (exact) mass is 406 g/mol. The molecule has 9 heteroatoms. The number of aromatic nitrogens is 1. The Balaban J connectivity index is 2.38. The lowest BCUT2D eigenvalue weighted by Crippen LogP contribution is -2.40. The van der Waals surface area contributed by atoms with E-state index >= 15 is 0 Å². The average molecular weight is 406 g/mol. The van der Waals surface area contributed by atoms with Gasteiger partial charge in [-0.15, -0.1) is 4.72 Å². The number of hydrogen-bond donors (Lipinski definition) is 1. The van der Waals surface area contributed by atoms with E-state index in [-0.39, 0.29) is 16.7 Å². The zero-order valence-corrected chi connectivity index (χ0v) is 15.9. The molecule has 0 radical (unpaired) electrons. The predicted molar refractivity (Wildman–Crippen MR) is 94.0 cm³/mol. The van der Waals surface area contributed by atoms with Crippen LogP contribution in [0.25, 0.3) is 11.1 Å². The third-order valence-electron chi connectivity index (χ3n) is 3.75. The summed E-state index contributed by atoms with van der Waals surface area (Å²) in [5.41, 5.74) is -1.72. The Bertz CT molecular complexity index is 820. The summed E-state index contributed by atoms with van der Waals surface area (Å²) in [5, 5.41) is 0. The van der Waals surface area contributed by atoms with E-state index in [9.17, 15) is 26.5 Å². The molecule has 0 bridgehead atoms. The lowest BCUT2D eigenvalue weighted by molar-refractivity contribution is -0.141. The SMILES string of the molecule is C[C@H](N[S@+]([O-])C(C)(C)C)c1cc(F)c(-c2ccnc(C(F)(F)F)c2)cc1F. The summed E-state index contributed by atoms with van der Waals surface area (Å²) in [6.07, 6.45) is -3.81. The molecule has 0 amide bonds. The predicted octanol–water partition coefficient (Wildman–Crippen LogP) is 5.16. The summed E-state index contributed by atoms with van der Waals surface area (Å²) in [4.78, 5) is 3.20. The second-order valence-electron chi connectivity index (χ2n) is 7.00. The second-order valence-corrected chi connectivity index (χ2v) is 9.00. The van der Waals surface area contributed by atoms with Crippen LogP contribution in [0, 0.1) is 11.6 Å². The van der Waals surface area contributed by atoms with Crippen LogP contribution >= 0.6 is 0 Å². The molecular formula is C18H19F5N2OS. The number of rotatable bonds is 4. The van der Waals surface area contributed by atoms with Gasteiger partial charge in [0.25, 0.3) is 0 Å². The van der Waals surface area contributed by atoms with E-state index in [0.29, 0.717) is 6.07 Å². The number of alkyl halides is 3. The molecule has 2 rings (SSSR count). The number of halogens is 5. The van der Waals surface area contributed by atoms with E-state index in [4.69, 9.17) is 0 Å². The molecule has 0 unspecified atom stereocenters. The standard InChI is InChI=1S/C18H19F5N2OS/c1-10(25-27(26)17(2,3)4)12-8-15(20)13(9-14(12)19)11-5-6-24-16(7-11)18(21,22)23/h5-10,25H,1-4H3/t10-,27+/m0/s1. The maximum absolute atomic E-state index is 14.5. The Morgan fingerprint density at radius 2 is 1.70 bits per heavy atom. The van der Waals surface area contributed by atoms with Crippen LogP contribution in [0.1, 0.15) is 45.0 Å². The van der Waals surface area contributed by atoms with Crippen LogP contribution < -0.4 is 4.72 Å². The molecule has 1 aromatic heterocycles. The van der Waals surface area contributed by atoms with Crippen LogP contribution in [-0.2, 0) is 17.5 Å². The number of nitrogens with one attached hydrogen (secondary N) is 1. The Hall–Kier alpha value is -1.71. The van der Waals surface area contributed by atoms with Crippen molar-refractivity contribution < 1.29 is 26.5 Å². The molecule has 2 aromatic rings. The summed E-state index contributed by atoms with van der Waals surface area (Å²) in [7, 11) is 0. The molecule has 0 aliphatic carbocycles. The van der Waals surface area contributed by atoms with Crippen molar-refractivity contribution in [1.29, 1.82) is 0 Å². The van der Waals surface area contributed by atoms with Gasteiger partial charge in [-0.25, -0.2) is 8.78 Å². The highest BCUT2D eigenvalue weighted by atomic mass is 32.2. The van der Waals surface area contributed by atoms with Gasteiger partial charge in [0.15, 0.2) is 0 Å². The van der Waals surface area contributed by atoms with Crippen molar-refractivity contribution in [3.05, 3.63) is 53.4 Å². The number of pyridine rings is 1. The largest absolute Gasteiger partial charge is 0.598 e. The van der Waals surface area contributed by atoms with Gasteiger partial charge in [0, 0.05) is 28.7 Å². The zero-order chi connectivity index (χ0) is 20.6. The highest BCUT2D eigenvalue weighted by molar-refractivity contribution is 7.90. The molecule has 148 valence electrons. The summed E-state index contributed by atoms with van der Waals surface area (Å²) < 4.78 is 81.6. The fraction of sp³-hybridized carbons (Fsp3) is 0.389. The van der Waals surface area contributed by atoms with Crippen molar-refractivity contribution in [2.24, 2.45) is 0 Å². The van der Waals surface area contributed by atoms with Gasteiger partial charge in [0.05, 0.1) is 6.04 Å². The lowest BCUT2D eigenvalue weighted by atomic mass is 10.00. The quantitative estimate of drug-likeness (QED) is 0.564. The Kier molecular flexibility index (Phi) is 6.18. The minimum atomic E-state index is -4.69. The van der Waals surface area contributed by atoms with Gasteiger partial charge in [-0.3, -0.25) is 4.98 Å². The fourth-order valence-electron chi connectivity index (χ4n) is 2.27. The molecule has 0 aliphatic rings. The fourth-order valence-corrected chi connectivity index (χ4v) is 3.07. The smallest absolute Gasteiger partial charge is 0.433 e. The Labute approximate surface area is 157 Å². The Morgan fingerprint density at radius 3 is 2.26 bits per heavy atom. The molecular weight excluding hydrogens is 387 g/mol. The van der Waals surface area contributed by atoms with E-state index < -0.39 is 45.7 Å². The normalized spacial score (nSPS) is 14.9. The topological polar surface area (TPSA) is 48.0 Å². The molecule has 27 heavy (non-hydrogen) atoms. The van der Waals surface area contributed by atoms with Gasteiger partial charge < -0.3 is 4.55 Å². The first-order valence-corrected chi connectivity index (χ1v) is 9.16. The number of benzene rings is 1. The maximum atomic E-state index is 14.5. The highest BCUT2D eigenvalue weighted by Crippen LogP contribution is 2.33. The van der Waals surface area contributed by atoms with Crippen molar-refractivity contribution in [2.45, 2.75) is 44.7 Å². The van der Waals surface area contributed by atoms with E-state index in [1.54, 1.807) is 20.8 Å². The van der Waals surface area contributed by atoms with Gasteiger partial charge in [0.2, 0.25) is 0 Å². The van der Waals surface area contributed by atoms with E-state index in [1.165, 1.54) is 13.0 Å². The van der Waals surface area contributed by atoms with Crippen LogP contribution in [0.15, 0.2) is 30.5 Å². The van der Waals surface area contributed by atoms with Crippen molar-refractivity contribution >= 4 is 11.4 Å². The van der Waals surface area contributed by atoms with Crippen molar-refractivity contribution in [3.8, 4) is 11.1 Å². The molecule has 1 heterocycles. The van der Waals surface area contributed by atoms with E-state index in [2.05, 4.69) is 9.71 Å². The summed E-state index contributed by atoms with van der Waals surface area (Å²) in [6.45, 7) is 6.70. The first kappa shape index (κ1) is 21.6. The molecule has 2 atom stereocenters. The molecule has 0 fully saturated rings. The zero-order valence-electron chi connectivity index (χ0n) is 15.1. The summed E-state index contributed by atoms with van der Waals surface area (Å²) in [5.74, 6) is -1.71. The van der Waals surface area contributed by atoms with Gasteiger partial charge in [0.1, 0.15) is 22.1 Å². The second kappa shape index (κ2) is 7.73. The number of hydrogen-bond acceptors (Lipinski definition) is 3. The minimum absolute atomic E-state index is 0.0704. The van der Waals surface area contributed by atoms with Crippen LogP contribution in [0.4, 0.5) is 22.0 Å². The molecule has 1 N–H and O–H groups in total. The molecule has 0 spiro atoms. The van der Waals surface area contributed by atoms with Crippen molar-refractivity contribution in [3.63, 3.8) is 0 Å². The third kappa shape index (κ3) is 5.18. The highest BCUT2D eigenvalue weighted by Gasteiger charge is 2.33. The van der Waals surface area contributed by atoms with Crippen LogP contribution in [-0.4, -0.2) is 14.3 Å². The molecule has 0 aliphatic heterocycles. The minimum Gasteiger partial charge on any atom is -0.598 e.